The van der Waals surface area contributed by atoms with Gasteiger partial charge in [-0.25, -0.2) is 4.98 Å². The first kappa shape index (κ1) is 14.2. The summed E-state index contributed by atoms with van der Waals surface area (Å²) in [6, 6.07) is 0. The number of nitrogens with one attached hydrogen (secondary N) is 2. The van der Waals surface area contributed by atoms with Gasteiger partial charge in [0.1, 0.15) is 5.82 Å². The topological polar surface area (TPSA) is 49.9 Å². The van der Waals surface area contributed by atoms with E-state index in [-0.39, 0.29) is 5.41 Å². The number of aromatic amines is 1. The molecule has 98 valence electrons. The van der Waals surface area contributed by atoms with Crippen molar-refractivity contribution in [1.29, 1.82) is 0 Å². The van der Waals surface area contributed by atoms with Gasteiger partial charge in [0.25, 0.3) is 0 Å². The molecule has 1 aromatic heterocycles. The third kappa shape index (κ3) is 7.94. The summed E-state index contributed by atoms with van der Waals surface area (Å²) in [5.74, 6) is 1.07. The van der Waals surface area contributed by atoms with Crippen molar-refractivity contribution in [1.82, 2.24) is 15.3 Å². The van der Waals surface area contributed by atoms with Crippen molar-refractivity contribution in [2.75, 3.05) is 26.3 Å². The van der Waals surface area contributed by atoms with Crippen LogP contribution in [0.1, 0.15) is 33.0 Å². The van der Waals surface area contributed by atoms with Crippen LogP contribution in [-0.2, 0) is 11.2 Å². The molecule has 1 rings (SSSR count). The van der Waals surface area contributed by atoms with Gasteiger partial charge < -0.3 is 15.0 Å². The molecule has 0 saturated carbocycles. The second-order valence-corrected chi connectivity index (χ2v) is 5.50. The monoisotopic (exact) mass is 239 g/mol. The van der Waals surface area contributed by atoms with E-state index in [4.69, 9.17) is 4.74 Å². The average molecular weight is 239 g/mol. The van der Waals surface area contributed by atoms with Gasteiger partial charge in [-0.1, -0.05) is 20.8 Å². The van der Waals surface area contributed by atoms with E-state index in [1.807, 2.05) is 6.20 Å². The Morgan fingerprint density at radius 2 is 2.18 bits per heavy atom. The fourth-order valence-corrected chi connectivity index (χ4v) is 1.46. The Kier molecular flexibility index (Phi) is 6.22. The summed E-state index contributed by atoms with van der Waals surface area (Å²) in [6.45, 7) is 10.1. The van der Waals surface area contributed by atoms with Crippen molar-refractivity contribution in [3.63, 3.8) is 0 Å². The van der Waals surface area contributed by atoms with Gasteiger partial charge in [0.05, 0.1) is 13.2 Å². The highest BCUT2D eigenvalue weighted by molar-refractivity contribution is 4.86. The Labute approximate surface area is 104 Å². The normalized spacial score (nSPS) is 11.9. The summed E-state index contributed by atoms with van der Waals surface area (Å²) in [5.41, 5.74) is 0.263. The number of imidazole rings is 1. The smallest absolute Gasteiger partial charge is 0.106 e. The van der Waals surface area contributed by atoms with Gasteiger partial charge in [0.2, 0.25) is 0 Å². The van der Waals surface area contributed by atoms with Gasteiger partial charge in [-0.15, -0.1) is 0 Å². The lowest BCUT2D eigenvalue weighted by atomic mass is 9.99. The van der Waals surface area contributed by atoms with Gasteiger partial charge in [-0.3, -0.25) is 0 Å². The molecule has 4 heteroatoms. The van der Waals surface area contributed by atoms with E-state index in [0.29, 0.717) is 0 Å². The molecular formula is C13H25N3O. The molecule has 0 aliphatic heterocycles. The average Bonchev–Trinajstić information content (AvgIpc) is 2.73. The largest absolute Gasteiger partial charge is 0.380 e. The van der Waals surface area contributed by atoms with Gasteiger partial charge >= 0.3 is 0 Å². The molecule has 1 heterocycles. The van der Waals surface area contributed by atoms with Crippen LogP contribution in [0, 0.1) is 5.41 Å². The highest BCUT2D eigenvalue weighted by Crippen LogP contribution is 2.12. The van der Waals surface area contributed by atoms with Gasteiger partial charge in [-0.05, 0) is 18.4 Å². The molecule has 0 fully saturated rings. The maximum atomic E-state index is 5.57. The van der Waals surface area contributed by atoms with Crippen molar-refractivity contribution in [3.05, 3.63) is 18.2 Å². The van der Waals surface area contributed by atoms with Crippen LogP contribution in [0.25, 0.3) is 0 Å². The maximum absolute atomic E-state index is 5.57. The Balaban J connectivity index is 1.85. The molecule has 0 aliphatic carbocycles. The molecule has 17 heavy (non-hydrogen) atoms. The van der Waals surface area contributed by atoms with Crippen LogP contribution in [0.3, 0.4) is 0 Å². The Morgan fingerprint density at radius 1 is 1.35 bits per heavy atom. The third-order valence-corrected chi connectivity index (χ3v) is 2.28. The summed E-state index contributed by atoms with van der Waals surface area (Å²) >= 11 is 0. The van der Waals surface area contributed by atoms with E-state index >= 15 is 0 Å². The molecular weight excluding hydrogens is 214 g/mol. The van der Waals surface area contributed by atoms with E-state index in [1.54, 1.807) is 6.20 Å². The van der Waals surface area contributed by atoms with E-state index in [0.717, 1.165) is 45.0 Å². The number of nitrogens with zero attached hydrogens (tertiary/aromatic N) is 1. The molecule has 4 nitrogen and oxygen atoms in total. The van der Waals surface area contributed by atoms with Gasteiger partial charge in [0, 0.05) is 25.4 Å². The first-order chi connectivity index (χ1) is 8.08. The zero-order chi connectivity index (χ0) is 12.6. The molecule has 0 atom stereocenters. The fraction of sp³-hybridized carbons (Fsp3) is 0.769. The molecule has 0 spiro atoms. The van der Waals surface area contributed by atoms with Crippen molar-refractivity contribution in [2.45, 2.75) is 33.6 Å². The predicted octanol–water partition coefficient (Wildman–Crippen LogP) is 1.99. The fourth-order valence-electron chi connectivity index (χ4n) is 1.46. The van der Waals surface area contributed by atoms with Crippen LogP contribution < -0.4 is 5.32 Å². The zero-order valence-corrected chi connectivity index (χ0v) is 11.3. The minimum atomic E-state index is 0.263. The molecule has 0 unspecified atom stereocenters. The second kappa shape index (κ2) is 7.45. The Morgan fingerprint density at radius 3 is 2.82 bits per heavy atom. The quantitative estimate of drug-likeness (QED) is 0.682. The molecule has 0 saturated heterocycles. The minimum Gasteiger partial charge on any atom is -0.380 e. The van der Waals surface area contributed by atoms with Crippen LogP contribution in [0.15, 0.2) is 12.4 Å². The number of rotatable bonds is 8. The van der Waals surface area contributed by atoms with Crippen LogP contribution >= 0.6 is 0 Å². The molecule has 0 amide bonds. The molecule has 0 bridgehead atoms. The van der Waals surface area contributed by atoms with Gasteiger partial charge in [0.15, 0.2) is 0 Å². The summed E-state index contributed by atoms with van der Waals surface area (Å²) < 4.78 is 5.57. The minimum absolute atomic E-state index is 0.263. The van der Waals surface area contributed by atoms with Crippen LogP contribution in [0.2, 0.25) is 0 Å². The van der Waals surface area contributed by atoms with Crippen molar-refractivity contribution < 1.29 is 4.74 Å². The van der Waals surface area contributed by atoms with E-state index < -0.39 is 0 Å². The summed E-state index contributed by atoms with van der Waals surface area (Å²) in [5, 5.41) is 3.37. The first-order valence-electron chi connectivity index (χ1n) is 6.35. The van der Waals surface area contributed by atoms with E-state index in [2.05, 4.69) is 36.1 Å². The number of hydrogen-bond acceptors (Lipinski definition) is 3. The number of hydrogen-bond donors (Lipinski definition) is 2. The van der Waals surface area contributed by atoms with Crippen molar-refractivity contribution in [3.8, 4) is 0 Å². The Bertz CT molecular complexity index is 277. The maximum Gasteiger partial charge on any atom is 0.106 e. The number of aryl methyl sites for hydroxylation is 1. The molecule has 1 aromatic rings. The third-order valence-electron chi connectivity index (χ3n) is 2.28. The van der Waals surface area contributed by atoms with E-state index in [9.17, 15) is 0 Å². The van der Waals surface area contributed by atoms with Crippen molar-refractivity contribution in [2.24, 2.45) is 5.41 Å². The van der Waals surface area contributed by atoms with Gasteiger partial charge in [-0.2, -0.15) is 0 Å². The predicted molar refractivity (Wildman–Crippen MR) is 70.1 cm³/mol. The van der Waals surface area contributed by atoms with Crippen molar-refractivity contribution >= 4 is 0 Å². The lowest BCUT2D eigenvalue weighted by Gasteiger charge is -2.17. The number of aromatic nitrogens is 2. The lowest BCUT2D eigenvalue weighted by Crippen LogP contribution is -2.24. The molecule has 2 N–H and O–H groups in total. The second-order valence-electron chi connectivity index (χ2n) is 5.50. The lowest BCUT2D eigenvalue weighted by molar-refractivity contribution is 0.0730. The first-order valence-corrected chi connectivity index (χ1v) is 6.35. The number of ether oxygens (including phenoxy) is 1. The standard InChI is InChI=1S/C13H25N3O/c1-13(2,3)11-17-10-9-14-6-4-5-12-15-7-8-16-12/h7-8,14H,4-6,9-11H2,1-3H3,(H,15,16). The molecule has 0 aromatic carbocycles. The molecule has 0 radical (unpaired) electrons. The Hall–Kier alpha value is -0.870. The van der Waals surface area contributed by atoms with Crippen LogP contribution in [0.5, 0.6) is 0 Å². The van der Waals surface area contributed by atoms with Crippen LogP contribution in [-0.4, -0.2) is 36.3 Å². The SMILES string of the molecule is CC(C)(C)COCCNCCCc1ncc[nH]1. The summed E-state index contributed by atoms with van der Waals surface area (Å²) in [4.78, 5) is 7.28. The number of H-pyrrole nitrogens is 1. The zero-order valence-electron chi connectivity index (χ0n) is 11.3. The molecule has 0 aliphatic rings. The highest BCUT2D eigenvalue weighted by atomic mass is 16.5. The summed E-state index contributed by atoms with van der Waals surface area (Å²) in [7, 11) is 0. The highest BCUT2D eigenvalue weighted by Gasteiger charge is 2.09. The van der Waals surface area contributed by atoms with Crippen LogP contribution in [0.4, 0.5) is 0 Å². The van der Waals surface area contributed by atoms with E-state index in [1.165, 1.54) is 0 Å². The summed E-state index contributed by atoms with van der Waals surface area (Å²) in [6.07, 6.45) is 5.77.